The summed E-state index contributed by atoms with van der Waals surface area (Å²) in [5, 5.41) is 2.39. The molecule has 0 aliphatic rings. The van der Waals surface area contributed by atoms with E-state index in [-0.39, 0.29) is 11.5 Å². The summed E-state index contributed by atoms with van der Waals surface area (Å²) in [4.78, 5) is 26.9. The quantitative estimate of drug-likeness (QED) is 0.735. The number of aryl methyl sites for hydroxylation is 1. The highest BCUT2D eigenvalue weighted by Crippen LogP contribution is 2.11. The molecule has 0 bridgehead atoms. The number of carbonyl (C=O) groups is 2. The highest BCUT2D eigenvalue weighted by molar-refractivity contribution is 5.93. The minimum atomic E-state index is -0.853. The lowest BCUT2D eigenvalue weighted by Gasteiger charge is -2.12. The number of amides is 1. The molecule has 0 radical (unpaired) electrons. The zero-order chi connectivity index (χ0) is 13.0. The molecule has 1 aromatic heterocycles. The Kier molecular flexibility index (Phi) is 4.03. The molecular weight excluding hydrogens is 222 g/mol. The number of nitrogens with two attached hydrogens (primary N) is 1. The van der Waals surface area contributed by atoms with Crippen molar-refractivity contribution in [1.29, 1.82) is 0 Å². The first-order valence-electron chi connectivity index (χ1n) is 5.10. The minimum absolute atomic E-state index is 0.265. The number of esters is 1. The monoisotopic (exact) mass is 237 g/mol. The Morgan fingerprint density at radius 3 is 2.76 bits per heavy atom. The summed E-state index contributed by atoms with van der Waals surface area (Å²) >= 11 is 0. The van der Waals surface area contributed by atoms with E-state index in [1.165, 1.54) is 26.2 Å². The number of hydrogen-bond acceptors (Lipinski definition) is 5. The van der Waals surface area contributed by atoms with Gasteiger partial charge in [-0.2, -0.15) is 0 Å². The molecule has 1 aromatic rings. The molecule has 17 heavy (non-hydrogen) atoms. The summed E-state index contributed by atoms with van der Waals surface area (Å²) in [6.45, 7) is 3.16. The van der Waals surface area contributed by atoms with Crippen LogP contribution in [0.25, 0.3) is 0 Å². The van der Waals surface area contributed by atoms with E-state index in [4.69, 9.17) is 10.5 Å². The van der Waals surface area contributed by atoms with Gasteiger partial charge >= 0.3 is 5.97 Å². The third-order valence-corrected chi connectivity index (χ3v) is 2.23. The second-order valence-corrected chi connectivity index (χ2v) is 3.56. The van der Waals surface area contributed by atoms with Crippen LogP contribution in [-0.2, 0) is 9.53 Å². The zero-order valence-electron chi connectivity index (χ0n) is 9.98. The molecule has 0 saturated heterocycles. The largest absolute Gasteiger partial charge is 0.449 e. The number of ether oxygens (including phenoxy) is 1. The summed E-state index contributed by atoms with van der Waals surface area (Å²) in [6, 6.07) is 1.47. The fraction of sp³-hybridized carbons (Fsp3) is 0.364. The van der Waals surface area contributed by atoms with Crippen LogP contribution in [0.4, 0.5) is 5.69 Å². The Morgan fingerprint density at radius 2 is 2.18 bits per heavy atom. The highest BCUT2D eigenvalue weighted by Gasteiger charge is 2.19. The van der Waals surface area contributed by atoms with E-state index in [1.807, 2.05) is 0 Å². The van der Waals surface area contributed by atoms with Crippen molar-refractivity contribution in [2.75, 3.05) is 12.8 Å². The lowest BCUT2D eigenvalue weighted by molar-refractivity contribution is -0.128. The van der Waals surface area contributed by atoms with Crippen molar-refractivity contribution in [1.82, 2.24) is 10.3 Å². The van der Waals surface area contributed by atoms with Crippen LogP contribution in [0.3, 0.4) is 0 Å². The molecule has 6 heteroatoms. The van der Waals surface area contributed by atoms with Crippen molar-refractivity contribution in [2.45, 2.75) is 20.0 Å². The predicted octanol–water partition coefficient (Wildman–Crippen LogP) is 0.264. The van der Waals surface area contributed by atoms with Crippen LogP contribution < -0.4 is 11.1 Å². The van der Waals surface area contributed by atoms with E-state index in [0.29, 0.717) is 11.4 Å². The summed E-state index contributed by atoms with van der Waals surface area (Å²) in [7, 11) is 1.47. The van der Waals surface area contributed by atoms with Gasteiger partial charge in [0, 0.05) is 7.05 Å². The maximum atomic E-state index is 11.8. The van der Waals surface area contributed by atoms with Crippen molar-refractivity contribution in [2.24, 2.45) is 0 Å². The van der Waals surface area contributed by atoms with Gasteiger partial charge in [-0.15, -0.1) is 0 Å². The molecular formula is C11H15N3O3. The first-order chi connectivity index (χ1) is 7.95. The Labute approximate surface area is 99.2 Å². The molecule has 0 saturated carbocycles. The average molecular weight is 237 g/mol. The van der Waals surface area contributed by atoms with Crippen molar-refractivity contribution < 1.29 is 14.3 Å². The van der Waals surface area contributed by atoms with Gasteiger partial charge < -0.3 is 15.8 Å². The van der Waals surface area contributed by atoms with E-state index in [9.17, 15) is 9.59 Å². The maximum Gasteiger partial charge on any atom is 0.340 e. The summed E-state index contributed by atoms with van der Waals surface area (Å²) < 4.78 is 4.98. The zero-order valence-corrected chi connectivity index (χ0v) is 9.98. The number of pyridine rings is 1. The van der Waals surface area contributed by atoms with E-state index in [0.717, 1.165) is 0 Å². The maximum absolute atomic E-state index is 11.8. The van der Waals surface area contributed by atoms with Gasteiger partial charge in [0.05, 0.1) is 23.1 Å². The van der Waals surface area contributed by atoms with Crippen LogP contribution in [0.1, 0.15) is 23.0 Å². The van der Waals surface area contributed by atoms with Gasteiger partial charge in [-0.1, -0.05) is 0 Å². The van der Waals surface area contributed by atoms with Crippen LogP contribution in [0.5, 0.6) is 0 Å². The molecule has 1 rings (SSSR count). The number of aromatic nitrogens is 1. The fourth-order valence-electron chi connectivity index (χ4n) is 1.24. The molecule has 0 spiro atoms. The van der Waals surface area contributed by atoms with Crippen LogP contribution in [0, 0.1) is 6.92 Å². The van der Waals surface area contributed by atoms with E-state index < -0.39 is 12.1 Å². The second-order valence-electron chi connectivity index (χ2n) is 3.56. The number of nitrogen functional groups attached to an aromatic ring is 1. The molecule has 0 aliphatic heterocycles. The number of anilines is 1. The molecule has 3 N–H and O–H groups in total. The van der Waals surface area contributed by atoms with Gasteiger partial charge in [-0.25, -0.2) is 4.79 Å². The smallest absolute Gasteiger partial charge is 0.340 e. The number of carbonyl (C=O) groups excluding carboxylic acids is 2. The number of nitrogens with zero attached hydrogens (tertiary/aromatic N) is 1. The third kappa shape index (κ3) is 3.17. The number of hydrogen-bond donors (Lipinski definition) is 2. The normalized spacial score (nSPS) is 11.7. The number of rotatable bonds is 3. The second kappa shape index (κ2) is 5.29. The van der Waals surface area contributed by atoms with Gasteiger partial charge in [0.25, 0.3) is 5.91 Å². The molecule has 92 valence electrons. The molecule has 1 amide bonds. The van der Waals surface area contributed by atoms with Crippen molar-refractivity contribution >= 4 is 17.6 Å². The predicted molar refractivity (Wildman–Crippen MR) is 62.3 cm³/mol. The third-order valence-electron chi connectivity index (χ3n) is 2.23. The van der Waals surface area contributed by atoms with Crippen LogP contribution in [-0.4, -0.2) is 30.0 Å². The summed E-state index contributed by atoms with van der Waals surface area (Å²) in [5.41, 5.74) is 6.68. The van der Waals surface area contributed by atoms with Crippen molar-refractivity contribution in [3.05, 3.63) is 23.5 Å². The van der Waals surface area contributed by atoms with Gasteiger partial charge in [-0.3, -0.25) is 9.78 Å². The van der Waals surface area contributed by atoms with Crippen LogP contribution >= 0.6 is 0 Å². The van der Waals surface area contributed by atoms with E-state index in [1.54, 1.807) is 6.92 Å². The molecule has 0 aromatic carbocycles. The molecule has 0 aliphatic carbocycles. The van der Waals surface area contributed by atoms with Gasteiger partial charge in [0.2, 0.25) is 0 Å². The van der Waals surface area contributed by atoms with Gasteiger partial charge in [0.15, 0.2) is 6.10 Å². The van der Waals surface area contributed by atoms with Gasteiger partial charge in [-0.05, 0) is 19.9 Å². The van der Waals surface area contributed by atoms with Crippen LogP contribution in [0.15, 0.2) is 12.3 Å². The summed E-state index contributed by atoms with van der Waals surface area (Å²) in [5.74, 6) is -0.980. The SMILES string of the molecule is CNC(=O)C(C)OC(=O)c1cc(N)cnc1C. The number of nitrogens with one attached hydrogen (secondary N) is 1. The van der Waals surface area contributed by atoms with Crippen LogP contribution in [0.2, 0.25) is 0 Å². The van der Waals surface area contributed by atoms with Crippen molar-refractivity contribution in [3.8, 4) is 0 Å². The molecule has 1 heterocycles. The lowest BCUT2D eigenvalue weighted by atomic mass is 10.2. The first kappa shape index (κ1) is 13.0. The van der Waals surface area contributed by atoms with E-state index >= 15 is 0 Å². The molecule has 6 nitrogen and oxygen atoms in total. The molecule has 1 atom stereocenters. The Bertz CT molecular complexity index is 446. The first-order valence-corrected chi connectivity index (χ1v) is 5.10. The lowest BCUT2D eigenvalue weighted by Crippen LogP contribution is -2.33. The number of likely N-dealkylation sites (N-methyl/N-ethyl adjacent to an activating group) is 1. The fourth-order valence-corrected chi connectivity index (χ4v) is 1.24. The molecule has 0 fully saturated rings. The summed E-state index contributed by atoms with van der Waals surface area (Å²) in [6.07, 6.45) is 0.599. The highest BCUT2D eigenvalue weighted by atomic mass is 16.5. The Morgan fingerprint density at radius 1 is 1.53 bits per heavy atom. The molecule has 1 unspecified atom stereocenters. The Hall–Kier alpha value is -2.11. The van der Waals surface area contributed by atoms with Crippen molar-refractivity contribution in [3.63, 3.8) is 0 Å². The Balaban J connectivity index is 2.83. The topological polar surface area (TPSA) is 94.3 Å². The standard InChI is InChI=1S/C11H15N3O3/c1-6-9(4-8(12)5-14-6)11(16)17-7(2)10(15)13-3/h4-5,7H,12H2,1-3H3,(H,13,15). The average Bonchev–Trinajstić information content (AvgIpc) is 2.30. The minimum Gasteiger partial charge on any atom is -0.449 e. The van der Waals surface area contributed by atoms with Gasteiger partial charge in [0.1, 0.15) is 0 Å². The van der Waals surface area contributed by atoms with E-state index in [2.05, 4.69) is 10.3 Å².